The molecule has 1 aliphatic rings. The standard InChI is InChI=1S/C12H17BrN2S/c1-9-8-16-5-4-15(9)7-10-2-3-11(13)12(14)6-10/h2-3,6,9H,4-5,7-8,14H2,1H3. The zero-order valence-corrected chi connectivity index (χ0v) is 11.9. The molecule has 2 rings (SSSR count). The van der Waals surface area contributed by atoms with Crippen molar-refractivity contribution in [2.45, 2.75) is 19.5 Å². The van der Waals surface area contributed by atoms with Gasteiger partial charge in [0, 0.05) is 40.8 Å². The van der Waals surface area contributed by atoms with Crippen LogP contribution in [-0.2, 0) is 6.54 Å². The molecule has 1 aromatic rings. The van der Waals surface area contributed by atoms with E-state index >= 15 is 0 Å². The molecule has 1 saturated heterocycles. The summed E-state index contributed by atoms with van der Waals surface area (Å²) in [6, 6.07) is 6.92. The van der Waals surface area contributed by atoms with E-state index in [1.165, 1.54) is 23.6 Å². The predicted molar refractivity (Wildman–Crippen MR) is 75.8 cm³/mol. The molecule has 0 saturated carbocycles. The highest BCUT2D eigenvalue weighted by Gasteiger charge is 2.18. The van der Waals surface area contributed by atoms with Gasteiger partial charge in [0.25, 0.3) is 0 Å². The summed E-state index contributed by atoms with van der Waals surface area (Å²) in [6.07, 6.45) is 0. The van der Waals surface area contributed by atoms with Crippen LogP contribution in [0.15, 0.2) is 22.7 Å². The van der Waals surface area contributed by atoms with E-state index in [4.69, 9.17) is 5.73 Å². The molecule has 1 aliphatic heterocycles. The van der Waals surface area contributed by atoms with Gasteiger partial charge in [0.2, 0.25) is 0 Å². The van der Waals surface area contributed by atoms with Crippen LogP contribution in [0.4, 0.5) is 5.69 Å². The Morgan fingerprint density at radius 3 is 3.06 bits per heavy atom. The Labute approximate surface area is 110 Å². The normalized spacial score (nSPS) is 22.2. The van der Waals surface area contributed by atoms with E-state index in [9.17, 15) is 0 Å². The summed E-state index contributed by atoms with van der Waals surface area (Å²) < 4.78 is 0.985. The fourth-order valence-electron chi connectivity index (χ4n) is 1.92. The van der Waals surface area contributed by atoms with Gasteiger partial charge in [-0.05, 0) is 40.5 Å². The first kappa shape index (κ1) is 12.3. The number of anilines is 1. The van der Waals surface area contributed by atoms with Gasteiger partial charge in [-0.3, -0.25) is 4.90 Å². The van der Waals surface area contributed by atoms with Gasteiger partial charge in [-0.15, -0.1) is 0 Å². The zero-order chi connectivity index (χ0) is 11.5. The summed E-state index contributed by atoms with van der Waals surface area (Å²) >= 11 is 5.47. The largest absolute Gasteiger partial charge is 0.398 e. The Bertz CT molecular complexity index is 370. The third-order valence-corrected chi connectivity index (χ3v) is 4.86. The highest BCUT2D eigenvalue weighted by Crippen LogP contribution is 2.23. The van der Waals surface area contributed by atoms with Crippen LogP contribution in [0.5, 0.6) is 0 Å². The molecule has 0 bridgehead atoms. The van der Waals surface area contributed by atoms with Crippen LogP contribution in [0.25, 0.3) is 0 Å². The molecule has 0 aromatic heterocycles. The first-order valence-corrected chi connectivity index (χ1v) is 7.47. The predicted octanol–water partition coefficient (Wildman–Crippen LogP) is 2.97. The first-order valence-electron chi connectivity index (χ1n) is 5.52. The average Bonchev–Trinajstić information content (AvgIpc) is 2.27. The molecular formula is C12H17BrN2S. The maximum atomic E-state index is 5.89. The minimum atomic E-state index is 0.670. The van der Waals surface area contributed by atoms with E-state index in [0.29, 0.717) is 6.04 Å². The molecular weight excluding hydrogens is 284 g/mol. The third-order valence-electron chi connectivity index (χ3n) is 2.95. The third kappa shape index (κ3) is 2.93. The number of benzene rings is 1. The van der Waals surface area contributed by atoms with Crippen molar-refractivity contribution in [2.75, 3.05) is 23.8 Å². The SMILES string of the molecule is CC1CSCCN1Cc1ccc(Br)c(N)c1. The second-order valence-electron chi connectivity index (χ2n) is 4.25. The second kappa shape index (κ2) is 5.43. The van der Waals surface area contributed by atoms with E-state index in [1.807, 2.05) is 17.8 Å². The van der Waals surface area contributed by atoms with Gasteiger partial charge >= 0.3 is 0 Å². The molecule has 0 radical (unpaired) electrons. The van der Waals surface area contributed by atoms with Crippen molar-refractivity contribution < 1.29 is 0 Å². The summed E-state index contributed by atoms with van der Waals surface area (Å²) in [4.78, 5) is 2.53. The minimum Gasteiger partial charge on any atom is -0.398 e. The highest BCUT2D eigenvalue weighted by molar-refractivity contribution is 9.10. The lowest BCUT2D eigenvalue weighted by atomic mass is 10.1. The highest BCUT2D eigenvalue weighted by atomic mass is 79.9. The van der Waals surface area contributed by atoms with Gasteiger partial charge < -0.3 is 5.73 Å². The van der Waals surface area contributed by atoms with E-state index in [0.717, 1.165) is 16.7 Å². The van der Waals surface area contributed by atoms with Crippen LogP contribution >= 0.6 is 27.7 Å². The number of nitrogen functional groups attached to an aromatic ring is 1. The Morgan fingerprint density at radius 1 is 1.56 bits per heavy atom. The lowest BCUT2D eigenvalue weighted by molar-refractivity contribution is 0.224. The number of hydrogen-bond donors (Lipinski definition) is 1. The van der Waals surface area contributed by atoms with Crippen LogP contribution < -0.4 is 5.73 Å². The van der Waals surface area contributed by atoms with Gasteiger partial charge in [0.15, 0.2) is 0 Å². The van der Waals surface area contributed by atoms with Gasteiger partial charge in [0.1, 0.15) is 0 Å². The molecule has 0 amide bonds. The van der Waals surface area contributed by atoms with Crippen molar-refractivity contribution in [3.05, 3.63) is 28.2 Å². The van der Waals surface area contributed by atoms with Crippen molar-refractivity contribution in [1.82, 2.24) is 4.90 Å². The van der Waals surface area contributed by atoms with Crippen LogP contribution in [0.1, 0.15) is 12.5 Å². The molecule has 16 heavy (non-hydrogen) atoms. The number of rotatable bonds is 2. The molecule has 88 valence electrons. The summed E-state index contributed by atoms with van der Waals surface area (Å²) in [5, 5.41) is 0. The van der Waals surface area contributed by atoms with E-state index in [2.05, 4.69) is 39.9 Å². The quantitative estimate of drug-likeness (QED) is 0.852. The molecule has 1 fully saturated rings. The van der Waals surface area contributed by atoms with Crippen LogP contribution in [0.2, 0.25) is 0 Å². The summed E-state index contributed by atoms with van der Waals surface area (Å²) in [5.74, 6) is 2.49. The summed E-state index contributed by atoms with van der Waals surface area (Å²) in [5.41, 5.74) is 8.03. The number of thioether (sulfide) groups is 1. The van der Waals surface area contributed by atoms with Crippen molar-refractivity contribution in [1.29, 1.82) is 0 Å². The first-order chi connectivity index (χ1) is 7.66. The van der Waals surface area contributed by atoms with Gasteiger partial charge in [-0.1, -0.05) is 6.07 Å². The average molecular weight is 301 g/mol. The molecule has 1 atom stereocenters. The smallest absolute Gasteiger partial charge is 0.0461 e. The van der Waals surface area contributed by atoms with Gasteiger partial charge in [0.05, 0.1) is 0 Å². The van der Waals surface area contributed by atoms with Gasteiger partial charge in [-0.25, -0.2) is 0 Å². The fourth-order valence-corrected chi connectivity index (χ4v) is 3.25. The van der Waals surface area contributed by atoms with E-state index < -0.39 is 0 Å². The van der Waals surface area contributed by atoms with E-state index in [-0.39, 0.29) is 0 Å². The van der Waals surface area contributed by atoms with Crippen LogP contribution in [0.3, 0.4) is 0 Å². The molecule has 1 aromatic carbocycles. The molecule has 0 spiro atoms. The Balaban J connectivity index is 2.05. The Morgan fingerprint density at radius 2 is 2.38 bits per heavy atom. The lowest BCUT2D eigenvalue weighted by Gasteiger charge is -2.33. The van der Waals surface area contributed by atoms with E-state index in [1.54, 1.807) is 0 Å². The molecule has 2 N–H and O–H groups in total. The summed E-state index contributed by atoms with van der Waals surface area (Å²) in [6.45, 7) is 4.50. The topological polar surface area (TPSA) is 29.3 Å². The van der Waals surface area contributed by atoms with Crippen molar-refractivity contribution >= 4 is 33.4 Å². The van der Waals surface area contributed by atoms with Crippen molar-refractivity contribution in [2.24, 2.45) is 0 Å². The summed E-state index contributed by atoms with van der Waals surface area (Å²) in [7, 11) is 0. The maximum absolute atomic E-state index is 5.89. The maximum Gasteiger partial charge on any atom is 0.0461 e. The number of nitrogens with two attached hydrogens (primary N) is 1. The monoisotopic (exact) mass is 300 g/mol. The molecule has 4 heteroatoms. The number of halogens is 1. The molecule has 2 nitrogen and oxygen atoms in total. The Hall–Kier alpha value is -0.190. The molecule has 1 heterocycles. The number of nitrogens with zero attached hydrogens (tertiary/aromatic N) is 1. The lowest BCUT2D eigenvalue weighted by Crippen LogP contribution is -2.39. The molecule has 1 unspecified atom stereocenters. The molecule has 0 aliphatic carbocycles. The second-order valence-corrected chi connectivity index (χ2v) is 6.25. The minimum absolute atomic E-state index is 0.670. The Kier molecular flexibility index (Phi) is 4.16. The van der Waals surface area contributed by atoms with Crippen molar-refractivity contribution in [3.63, 3.8) is 0 Å². The van der Waals surface area contributed by atoms with Crippen LogP contribution in [-0.4, -0.2) is 29.0 Å². The van der Waals surface area contributed by atoms with Gasteiger partial charge in [-0.2, -0.15) is 11.8 Å². The fraction of sp³-hybridized carbons (Fsp3) is 0.500. The van der Waals surface area contributed by atoms with Crippen molar-refractivity contribution in [3.8, 4) is 0 Å². The number of hydrogen-bond acceptors (Lipinski definition) is 3. The van der Waals surface area contributed by atoms with Crippen LogP contribution in [0, 0.1) is 0 Å². The zero-order valence-electron chi connectivity index (χ0n) is 9.45.